The highest BCUT2D eigenvalue weighted by atomic mass is 79.9. The first-order chi connectivity index (χ1) is 13.0. The Morgan fingerprint density at radius 2 is 2.00 bits per heavy atom. The summed E-state index contributed by atoms with van der Waals surface area (Å²) < 4.78 is 6.17. The van der Waals surface area contributed by atoms with Gasteiger partial charge in [-0.1, -0.05) is 12.5 Å². The summed E-state index contributed by atoms with van der Waals surface area (Å²) in [6, 6.07) is 7.08. The summed E-state index contributed by atoms with van der Waals surface area (Å²) in [6.45, 7) is 0. The van der Waals surface area contributed by atoms with Gasteiger partial charge in [-0.2, -0.15) is 0 Å². The third-order valence-corrected chi connectivity index (χ3v) is 5.03. The monoisotopic (exact) mass is 433 g/mol. The SMILES string of the molecule is CNC(=O)c1nnc(NC(=O)C2CCC2)cc1Nc1cccc(Br)c1OC. The molecule has 3 N–H and O–H groups in total. The first-order valence-electron chi connectivity index (χ1n) is 8.53. The number of hydrogen-bond acceptors (Lipinski definition) is 6. The summed E-state index contributed by atoms with van der Waals surface area (Å²) in [4.78, 5) is 24.3. The second kappa shape index (κ2) is 8.34. The minimum absolute atomic E-state index is 0.0204. The summed E-state index contributed by atoms with van der Waals surface area (Å²) in [7, 11) is 3.07. The molecule has 1 aliphatic carbocycles. The Morgan fingerprint density at radius 1 is 1.22 bits per heavy atom. The maximum Gasteiger partial charge on any atom is 0.273 e. The molecule has 2 aromatic rings. The number of rotatable bonds is 6. The van der Waals surface area contributed by atoms with Crippen LogP contribution in [0.4, 0.5) is 17.2 Å². The standard InChI is InChI=1S/C18H20BrN5O3/c1-20-18(26)15-13(21-12-8-4-7-11(19)16(12)27-2)9-14(23-24-15)22-17(25)10-5-3-6-10/h4,7-10H,3,5-6H2,1-2H3,(H,20,26)(H2,21,22,23,25). The summed E-state index contributed by atoms with van der Waals surface area (Å²) in [5.74, 6) is 0.422. The molecule has 0 saturated heterocycles. The first-order valence-corrected chi connectivity index (χ1v) is 9.33. The molecular formula is C18H20BrN5O3. The van der Waals surface area contributed by atoms with E-state index in [1.165, 1.54) is 7.05 Å². The maximum atomic E-state index is 12.2. The molecule has 1 fully saturated rings. The van der Waals surface area contributed by atoms with Crippen molar-refractivity contribution in [3.05, 3.63) is 34.4 Å². The van der Waals surface area contributed by atoms with Crippen molar-refractivity contribution in [2.45, 2.75) is 19.3 Å². The number of anilines is 3. The van der Waals surface area contributed by atoms with E-state index in [0.29, 0.717) is 17.1 Å². The first kappa shape index (κ1) is 19.1. The lowest BCUT2D eigenvalue weighted by molar-refractivity contribution is -0.122. The van der Waals surface area contributed by atoms with E-state index >= 15 is 0 Å². The fourth-order valence-electron chi connectivity index (χ4n) is 2.69. The van der Waals surface area contributed by atoms with Gasteiger partial charge < -0.3 is 20.7 Å². The molecule has 27 heavy (non-hydrogen) atoms. The zero-order chi connectivity index (χ0) is 19.4. The Bertz CT molecular complexity index is 870. The van der Waals surface area contributed by atoms with Crippen molar-refractivity contribution < 1.29 is 14.3 Å². The molecule has 142 valence electrons. The van der Waals surface area contributed by atoms with Gasteiger partial charge in [0.1, 0.15) is 0 Å². The number of methoxy groups -OCH3 is 1. The van der Waals surface area contributed by atoms with Gasteiger partial charge in [-0.3, -0.25) is 9.59 Å². The van der Waals surface area contributed by atoms with Gasteiger partial charge in [-0.25, -0.2) is 0 Å². The molecule has 0 atom stereocenters. The molecule has 0 aliphatic heterocycles. The fraction of sp³-hybridized carbons (Fsp3) is 0.333. The second-order valence-corrected chi connectivity index (χ2v) is 6.99. The lowest BCUT2D eigenvalue weighted by atomic mass is 9.85. The van der Waals surface area contributed by atoms with Crippen LogP contribution in [0.5, 0.6) is 5.75 Å². The van der Waals surface area contributed by atoms with E-state index in [1.807, 2.05) is 18.2 Å². The lowest BCUT2D eigenvalue weighted by Crippen LogP contribution is -2.29. The molecule has 1 aromatic carbocycles. The van der Waals surface area contributed by atoms with Gasteiger partial charge in [0.25, 0.3) is 5.91 Å². The number of amides is 2. The van der Waals surface area contributed by atoms with Gasteiger partial charge in [0.15, 0.2) is 17.3 Å². The molecule has 0 unspecified atom stereocenters. The van der Waals surface area contributed by atoms with E-state index < -0.39 is 5.91 Å². The molecule has 3 rings (SSSR count). The Balaban J connectivity index is 1.93. The van der Waals surface area contributed by atoms with E-state index in [0.717, 1.165) is 23.7 Å². The number of halogens is 1. The van der Waals surface area contributed by atoms with Crippen LogP contribution in [-0.2, 0) is 4.79 Å². The molecule has 9 heteroatoms. The van der Waals surface area contributed by atoms with E-state index in [2.05, 4.69) is 42.1 Å². The Morgan fingerprint density at radius 3 is 2.63 bits per heavy atom. The molecule has 0 spiro atoms. The van der Waals surface area contributed by atoms with Gasteiger partial charge >= 0.3 is 0 Å². The van der Waals surface area contributed by atoms with Crippen LogP contribution in [0.1, 0.15) is 29.8 Å². The smallest absolute Gasteiger partial charge is 0.273 e. The van der Waals surface area contributed by atoms with Crippen molar-refractivity contribution in [1.82, 2.24) is 15.5 Å². The summed E-state index contributed by atoms with van der Waals surface area (Å²) >= 11 is 3.43. The van der Waals surface area contributed by atoms with Crippen LogP contribution >= 0.6 is 15.9 Å². The zero-order valence-corrected chi connectivity index (χ0v) is 16.6. The van der Waals surface area contributed by atoms with E-state index in [4.69, 9.17) is 4.74 Å². The van der Waals surface area contributed by atoms with Crippen LogP contribution in [-0.4, -0.2) is 36.2 Å². The molecular weight excluding hydrogens is 414 g/mol. The number of nitrogens with one attached hydrogen (secondary N) is 3. The van der Waals surface area contributed by atoms with Crippen molar-refractivity contribution >= 4 is 44.9 Å². The highest BCUT2D eigenvalue weighted by Gasteiger charge is 2.26. The van der Waals surface area contributed by atoms with Crippen LogP contribution in [0.15, 0.2) is 28.7 Å². The third kappa shape index (κ3) is 4.19. The van der Waals surface area contributed by atoms with Crippen LogP contribution < -0.4 is 20.7 Å². The number of aromatic nitrogens is 2. The average molecular weight is 434 g/mol. The molecule has 0 radical (unpaired) electrons. The molecule has 1 heterocycles. The van der Waals surface area contributed by atoms with Gasteiger partial charge in [0, 0.05) is 19.0 Å². The average Bonchev–Trinajstić information content (AvgIpc) is 2.60. The largest absolute Gasteiger partial charge is 0.493 e. The number of ether oxygens (including phenoxy) is 1. The molecule has 1 aliphatic rings. The number of carbonyl (C=O) groups excluding carboxylic acids is 2. The van der Waals surface area contributed by atoms with Crippen molar-refractivity contribution in [3.63, 3.8) is 0 Å². The number of nitrogens with zero attached hydrogens (tertiary/aromatic N) is 2. The lowest BCUT2D eigenvalue weighted by Gasteiger charge is -2.23. The van der Waals surface area contributed by atoms with Crippen LogP contribution in [0.2, 0.25) is 0 Å². The third-order valence-electron chi connectivity index (χ3n) is 4.40. The highest BCUT2D eigenvalue weighted by molar-refractivity contribution is 9.10. The quantitative estimate of drug-likeness (QED) is 0.646. The van der Waals surface area contributed by atoms with Crippen molar-refractivity contribution in [1.29, 1.82) is 0 Å². The predicted molar refractivity (Wildman–Crippen MR) is 105 cm³/mol. The minimum atomic E-state index is -0.393. The predicted octanol–water partition coefficient (Wildman–Crippen LogP) is 3.09. The number of carbonyl (C=O) groups is 2. The molecule has 2 amide bonds. The summed E-state index contributed by atoms with van der Waals surface area (Å²) in [6.07, 6.45) is 2.83. The van der Waals surface area contributed by atoms with Crippen LogP contribution in [0.25, 0.3) is 0 Å². The Hall–Kier alpha value is -2.68. The highest BCUT2D eigenvalue weighted by Crippen LogP contribution is 2.35. The number of hydrogen-bond donors (Lipinski definition) is 3. The summed E-state index contributed by atoms with van der Waals surface area (Å²) in [5, 5.41) is 16.4. The number of para-hydroxylation sites is 1. The second-order valence-electron chi connectivity index (χ2n) is 6.13. The van der Waals surface area contributed by atoms with Gasteiger partial charge in [-0.15, -0.1) is 10.2 Å². The van der Waals surface area contributed by atoms with Gasteiger partial charge in [0.2, 0.25) is 5.91 Å². The van der Waals surface area contributed by atoms with Gasteiger partial charge in [-0.05, 0) is 40.9 Å². The van der Waals surface area contributed by atoms with Crippen molar-refractivity contribution in [3.8, 4) is 5.75 Å². The fourth-order valence-corrected chi connectivity index (χ4v) is 3.22. The molecule has 1 aromatic heterocycles. The molecule has 8 nitrogen and oxygen atoms in total. The topological polar surface area (TPSA) is 105 Å². The zero-order valence-electron chi connectivity index (χ0n) is 15.0. The Labute approximate surface area is 165 Å². The Kier molecular flexibility index (Phi) is 5.90. The van der Waals surface area contributed by atoms with E-state index in [1.54, 1.807) is 13.2 Å². The van der Waals surface area contributed by atoms with Crippen molar-refractivity contribution in [2.75, 3.05) is 24.8 Å². The molecule has 1 saturated carbocycles. The minimum Gasteiger partial charge on any atom is -0.493 e. The van der Waals surface area contributed by atoms with E-state index in [9.17, 15) is 9.59 Å². The van der Waals surface area contributed by atoms with Gasteiger partial charge in [0.05, 0.1) is 23.0 Å². The van der Waals surface area contributed by atoms with Crippen LogP contribution in [0, 0.1) is 5.92 Å². The normalized spacial score (nSPS) is 13.4. The van der Waals surface area contributed by atoms with Crippen LogP contribution in [0.3, 0.4) is 0 Å². The summed E-state index contributed by atoms with van der Waals surface area (Å²) in [5.41, 5.74) is 1.16. The number of benzene rings is 1. The van der Waals surface area contributed by atoms with E-state index in [-0.39, 0.29) is 23.3 Å². The van der Waals surface area contributed by atoms with Crippen molar-refractivity contribution in [2.24, 2.45) is 5.92 Å². The molecule has 0 bridgehead atoms. The maximum absolute atomic E-state index is 12.2.